The molecule has 2 bridgehead atoms. The van der Waals surface area contributed by atoms with Gasteiger partial charge in [-0.1, -0.05) is 6.07 Å². The molecule has 0 spiro atoms. The van der Waals surface area contributed by atoms with E-state index in [9.17, 15) is 0 Å². The normalized spacial score (nSPS) is 13.9. The zero-order chi connectivity index (χ0) is 18.2. The van der Waals surface area contributed by atoms with Crippen LogP contribution in [0.2, 0.25) is 0 Å². The molecular weight excluding hydrogens is 394 g/mol. The second-order valence-electron chi connectivity index (χ2n) is 4.57. The Morgan fingerprint density at radius 2 is 1.15 bits per heavy atom. The maximum Gasteiger partial charge on any atom is 2.00 e. The first-order chi connectivity index (χ1) is 11.8. The van der Waals surface area contributed by atoms with E-state index in [0.717, 1.165) is 22.8 Å². The van der Waals surface area contributed by atoms with Gasteiger partial charge in [-0.2, -0.15) is 0 Å². The third kappa shape index (κ3) is 13.7. The Labute approximate surface area is 170 Å². The Kier molecular flexibility index (Phi) is 26.3. The first-order valence-electron chi connectivity index (χ1n) is 7.37. The van der Waals surface area contributed by atoms with Crippen LogP contribution in [0, 0.1) is 23.7 Å². The summed E-state index contributed by atoms with van der Waals surface area (Å²) in [6, 6.07) is 5.93. The van der Waals surface area contributed by atoms with Crippen molar-refractivity contribution in [2.75, 3.05) is 39.5 Å². The molecule has 0 unspecified atom stereocenters. The van der Waals surface area contributed by atoms with Gasteiger partial charge in [0.1, 0.15) is 0 Å². The van der Waals surface area contributed by atoms with Crippen LogP contribution >= 0.6 is 0 Å². The summed E-state index contributed by atoms with van der Waals surface area (Å²) in [7, 11) is 0. The van der Waals surface area contributed by atoms with Crippen LogP contribution in [0.15, 0.2) is 28.2 Å². The number of fused-ring (bicyclic) bond motifs is 2. The molecule has 0 saturated heterocycles. The van der Waals surface area contributed by atoms with Crippen molar-refractivity contribution in [2.45, 2.75) is 13.8 Å². The van der Waals surface area contributed by atoms with E-state index in [4.69, 9.17) is 33.1 Å². The van der Waals surface area contributed by atoms with Gasteiger partial charge in [0.2, 0.25) is 0 Å². The summed E-state index contributed by atoms with van der Waals surface area (Å²) in [6.45, 7) is 17.1. The molecule has 10 heteroatoms. The second kappa shape index (κ2) is 21.9. The summed E-state index contributed by atoms with van der Waals surface area (Å²) in [5.41, 5.74) is 3.63. The number of hydrogen-bond acceptors (Lipinski definition) is 7. The van der Waals surface area contributed by atoms with E-state index in [1.54, 1.807) is 0 Å². The van der Waals surface area contributed by atoms with Crippen LogP contribution in [0.1, 0.15) is 25.2 Å². The molecule has 150 valence electrons. The van der Waals surface area contributed by atoms with Crippen LogP contribution in [-0.2, 0) is 26.5 Å². The summed E-state index contributed by atoms with van der Waals surface area (Å²) < 4.78 is 10.9. The molecule has 0 radical (unpaired) electrons. The predicted molar refractivity (Wildman–Crippen MR) is 97.2 cm³/mol. The van der Waals surface area contributed by atoms with Crippen molar-refractivity contribution in [3.05, 3.63) is 42.7 Å². The van der Waals surface area contributed by atoms with Crippen LogP contribution in [0.5, 0.6) is 0 Å². The Hall–Kier alpha value is -2.17. The van der Waals surface area contributed by atoms with Crippen molar-refractivity contribution in [2.24, 2.45) is 9.98 Å². The van der Waals surface area contributed by atoms with Crippen LogP contribution in [0.25, 0.3) is 0 Å². The topological polar surface area (TPSA) is 167 Å². The van der Waals surface area contributed by atoms with Crippen molar-refractivity contribution >= 4 is 11.4 Å². The van der Waals surface area contributed by atoms with Gasteiger partial charge < -0.3 is 44.1 Å². The number of ether oxygens (including phenoxy) is 2. The van der Waals surface area contributed by atoms with Gasteiger partial charge in [-0.3, -0.25) is 9.98 Å². The third-order valence-electron chi connectivity index (χ3n) is 3.03. The van der Waals surface area contributed by atoms with Gasteiger partial charge in [-0.15, -0.1) is 0 Å². The van der Waals surface area contributed by atoms with Gasteiger partial charge in [0.05, 0.1) is 62.3 Å². The van der Waals surface area contributed by atoms with Crippen LogP contribution in [-0.4, -0.2) is 66.9 Å². The summed E-state index contributed by atoms with van der Waals surface area (Å²) in [5, 5.41) is 12.5. The van der Waals surface area contributed by atoms with E-state index in [0.29, 0.717) is 39.5 Å². The number of pyridine rings is 1. The maximum absolute atomic E-state index is 6.25. The van der Waals surface area contributed by atoms with E-state index in [1.807, 2.05) is 32.0 Å². The van der Waals surface area contributed by atoms with Gasteiger partial charge in [-0.25, -0.2) is 4.98 Å². The van der Waals surface area contributed by atoms with Crippen LogP contribution in [0.3, 0.4) is 0 Å². The largest absolute Gasteiger partial charge is 2.00 e. The van der Waals surface area contributed by atoms with Crippen molar-refractivity contribution in [3.8, 4) is 0 Å². The number of rotatable bonds is 0. The summed E-state index contributed by atoms with van der Waals surface area (Å²) >= 11 is 0. The minimum absolute atomic E-state index is 0. The standard InChI is InChI=1S/C15H21N3O2.2CN.Fe.2H2O/c1-12-14-4-3-5-15(18-14)13(2)17-7-9-20-11-10-19-8-6-16-12;2*1-2;;;/h3-5H,6-11H2,1-2H3;;;;2*1H2/q;2*-1;+2;;. The van der Waals surface area contributed by atoms with E-state index in [2.05, 4.69) is 15.0 Å². The van der Waals surface area contributed by atoms with Crippen molar-refractivity contribution in [1.29, 1.82) is 10.5 Å². The monoisotopic (exact) mass is 419 g/mol. The molecule has 0 fully saturated rings. The first kappa shape index (κ1) is 32.5. The van der Waals surface area contributed by atoms with Gasteiger partial charge in [0.15, 0.2) is 0 Å². The number of aliphatic imine (C=N–C) groups is 2. The number of hydrogen-bond donors (Lipinski definition) is 0. The molecule has 1 aliphatic rings. The molecule has 1 aromatic heterocycles. The predicted octanol–water partition coefficient (Wildman–Crippen LogP) is 0.287. The minimum atomic E-state index is 0. The first-order valence-corrected chi connectivity index (χ1v) is 7.37. The summed E-state index contributed by atoms with van der Waals surface area (Å²) in [6.07, 6.45) is 0. The Bertz CT molecular complexity index is 544. The molecule has 0 saturated carbocycles. The zero-order valence-electron chi connectivity index (χ0n) is 15.4. The third-order valence-corrected chi connectivity index (χ3v) is 3.03. The van der Waals surface area contributed by atoms with Crippen LogP contribution < -0.4 is 0 Å². The molecule has 4 N–H and O–H groups in total. The quantitative estimate of drug-likeness (QED) is 0.434. The van der Waals surface area contributed by atoms with Gasteiger partial charge in [-0.05, 0) is 26.0 Å². The fraction of sp³-hybridized carbons (Fsp3) is 0.471. The van der Waals surface area contributed by atoms with E-state index in [-0.39, 0.29) is 28.0 Å². The Morgan fingerprint density at radius 1 is 0.778 bits per heavy atom. The van der Waals surface area contributed by atoms with Crippen molar-refractivity contribution in [1.82, 2.24) is 4.98 Å². The average Bonchev–Trinajstić information content (AvgIpc) is 2.66. The Balaban J connectivity index is -0.000000354. The molecule has 1 aromatic rings. The molecule has 27 heavy (non-hydrogen) atoms. The van der Waals surface area contributed by atoms with Gasteiger partial charge in [0, 0.05) is 0 Å². The van der Waals surface area contributed by atoms with Crippen LogP contribution in [0.4, 0.5) is 0 Å². The maximum atomic E-state index is 6.25. The fourth-order valence-corrected chi connectivity index (χ4v) is 1.88. The summed E-state index contributed by atoms with van der Waals surface area (Å²) in [4.78, 5) is 13.6. The van der Waals surface area contributed by atoms with E-state index >= 15 is 0 Å². The minimum Gasteiger partial charge on any atom is -0.512 e. The average molecular weight is 419 g/mol. The van der Waals surface area contributed by atoms with Crippen molar-refractivity contribution in [3.63, 3.8) is 0 Å². The smallest absolute Gasteiger partial charge is 0.512 e. The molecule has 2 heterocycles. The second-order valence-corrected chi connectivity index (χ2v) is 4.57. The Morgan fingerprint density at radius 3 is 1.52 bits per heavy atom. The molecule has 0 aromatic carbocycles. The SMILES string of the molecule is CC1=NCCOCCOCCN=C(C)c2cccc1n2.O.O.[C-]#N.[C-]#N.[Fe+2]. The molecule has 0 amide bonds. The van der Waals surface area contributed by atoms with E-state index < -0.39 is 0 Å². The molecule has 9 nitrogen and oxygen atoms in total. The van der Waals surface area contributed by atoms with Gasteiger partial charge >= 0.3 is 17.1 Å². The molecule has 2 rings (SSSR count). The fourth-order valence-electron chi connectivity index (χ4n) is 1.88. The number of aromatic nitrogens is 1. The van der Waals surface area contributed by atoms with Crippen molar-refractivity contribution < 1.29 is 37.5 Å². The summed E-state index contributed by atoms with van der Waals surface area (Å²) in [5.74, 6) is 0. The molecular formula is C17H25FeN5O4. The van der Waals surface area contributed by atoms with Gasteiger partial charge in [0.25, 0.3) is 0 Å². The number of nitrogens with zero attached hydrogens (tertiary/aromatic N) is 5. The molecule has 1 aliphatic heterocycles. The molecule has 0 atom stereocenters. The van der Waals surface area contributed by atoms with E-state index in [1.165, 1.54) is 0 Å². The molecule has 0 aliphatic carbocycles. The zero-order valence-corrected chi connectivity index (χ0v) is 16.5.